The van der Waals surface area contributed by atoms with Gasteiger partial charge in [-0.05, 0) is 37.8 Å². The quantitative estimate of drug-likeness (QED) is 0.673. The molecule has 2 heteroatoms. The number of nitrogens with zero attached hydrogens (tertiary/aromatic N) is 1. The predicted molar refractivity (Wildman–Crippen MR) is 93.4 cm³/mol. The molecule has 1 aromatic rings. The Hall–Kier alpha value is -0.860. The number of benzene rings is 1. The van der Waals surface area contributed by atoms with Crippen LogP contribution in [0.25, 0.3) is 0 Å². The summed E-state index contributed by atoms with van der Waals surface area (Å²) in [6.07, 6.45) is 3.87. The van der Waals surface area contributed by atoms with Crippen LogP contribution in [0, 0.1) is 5.41 Å². The molecule has 0 aromatic heterocycles. The van der Waals surface area contributed by atoms with E-state index in [4.69, 9.17) is 5.73 Å². The van der Waals surface area contributed by atoms with Crippen LogP contribution in [0.3, 0.4) is 0 Å². The molecular formula is C19H34N2. The van der Waals surface area contributed by atoms with Crippen LogP contribution in [-0.4, -0.2) is 24.0 Å². The third kappa shape index (κ3) is 5.80. The maximum absolute atomic E-state index is 6.55. The van der Waals surface area contributed by atoms with Crippen LogP contribution in [-0.2, 0) is 0 Å². The van der Waals surface area contributed by atoms with Crippen molar-refractivity contribution in [3.05, 3.63) is 35.9 Å². The van der Waals surface area contributed by atoms with Crippen LogP contribution in [0.1, 0.15) is 65.5 Å². The van der Waals surface area contributed by atoms with E-state index in [1.807, 2.05) is 6.07 Å². The molecule has 0 amide bonds. The molecule has 0 aliphatic rings. The Morgan fingerprint density at radius 2 is 1.71 bits per heavy atom. The SMILES string of the molecule is CCCCCN(CC(C)(C)C(N)c1ccccc1)C(C)C. The monoisotopic (exact) mass is 290 g/mol. The zero-order valence-electron chi connectivity index (χ0n) is 14.6. The molecule has 0 aliphatic carbocycles. The van der Waals surface area contributed by atoms with Gasteiger partial charge >= 0.3 is 0 Å². The third-order valence-corrected chi connectivity index (χ3v) is 4.39. The van der Waals surface area contributed by atoms with Gasteiger partial charge in [0, 0.05) is 18.6 Å². The fourth-order valence-corrected chi connectivity index (χ4v) is 2.82. The van der Waals surface area contributed by atoms with Crippen molar-refractivity contribution < 1.29 is 0 Å². The maximum Gasteiger partial charge on any atom is 0.0359 e. The summed E-state index contributed by atoms with van der Waals surface area (Å²) >= 11 is 0. The van der Waals surface area contributed by atoms with Gasteiger partial charge in [0.05, 0.1) is 0 Å². The van der Waals surface area contributed by atoms with Crippen molar-refractivity contribution in [1.29, 1.82) is 0 Å². The summed E-state index contributed by atoms with van der Waals surface area (Å²) in [5.74, 6) is 0. The first-order chi connectivity index (χ1) is 9.88. The average Bonchev–Trinajstić information content (AvgIpc) is 2.46. The van der Waals surface area contributed by atoms with Gasteiger partial charge in [-0.1, -0.05) is 63.9 Å². The Kier molecular flexibility index (Phi) is 7.41. The first-order valence-corrected chi connectivity index (χ1v) is 8.43. The van der Waals surface area contributed by atoms with Crippen molar-refractivity contribution in [1.82, 2.24) is 4.90 Å². The minimum Gasteiger partial charge on any atom is -0.323 e. The highest BCUT2D eigenvalue weighted by atomic mass is 15.2. The van der Waals surface area contributed by atoms with E-state index in [0.717, 1.165) is 6.54 Å². The molecule has 0 heterocycles. The Balaban J connectivity index is 2.71. The van der Waals surface area contributed by atoms with Crippen LogP contribution in [0.5, 0.6) is 0 Å². The first-order valence-electron chi connectivity index (χ1n) is 8.43. The van der Waals surface area contributed by atoms with E-state index in [0.29, 0.717) is 6.04 Å². The van der Waals surface area contributed by atoms with Gasteiger partial charge in [0.25, 0.3) is 0 Å². The van der Waals surface area contributed by atoms with Crippen molar-refractivity contribution in [3.8, 4) is 0 Å². The van der Waals surface area contributed by atoms with Crippen molar-refractivity contribution in [3.63, 3.8) is 0 Å². The van der Waals surface area contributed by atoms with E-state index in [2.05, 4.69) is 63.8 Å². The fraction of sp³-hybridized carbons (Fsp3) is 0.684. The molecule has 0 saturated heterocycles. The zero-order valence-corrected chi connectivity index (χ0v) is 14.6. The number of hydrogen-bond donors (Lipinski definition) is 1. The minimum atomic E-state index is 0.0673. The fourth-order valence-electron chi connectivity index (χ4n) is 2.82. The summed E-state index contributed by atoms with van der Waals surface area (Å²) in [6.45, 7) is 13.6. The van der Waals surface area contributed by atoms with Gasteiger partial charge in [0.1, 0.15) is 0 Å². The first kappa shape index (κ1) is 18.2. The van der Waals surface area contributed by atoms with E-state index in [9.17, 15) is 0 Å². The molecule has 1 unspecified atom stereocenters. The number of unbranched alkanes of at least 4 members (excludes halogenated alkanes) is 2. The van der Waals surface area contributed by atoms with E-state index in [1.54, 1.807) is 0 Å². The van der Waals surface area contributed by atoms with Crippen molar-refractivity contribution >= 4 is 0 Å². The van der Waals surface area contributed by atoms with Crippen molar-refractivity contribution in [2.24, 2.45) is 11.1 Å². The van der Waals surface area contributed by atoms with Gasteiger partial charge < -0.3 is 10.6 Å². The molecule has 0 aliphatic heterocycles. The smallest absolute Gasteiger partial charge is 0.0359 e. The highest BCUT2D eigenvalue weighted by Crippen LogP contribution is 2.32. The summed E-state index contributed by atoms with van der Waals surface area (Å²) in [6, 6.07) is 11.1. The minimum absolute atomic E-state index is 0.0673. The third-order valence-electron chi connectivity index (χ3n) is 4.39. The zero-order chi connectivity index (χ0) is 15.9. The van der Waals surface area contributed by atoms with Crippen LogP contribution < -0.4 is 5.73 Å². The maximum atomic E-state index is 6.55. The van der Waals surface area contributed by atoms with Gasteiger partial charge in [0.2, 0.25) is 0 Å². The van der Waals surface area contributed by atoms with E-state index >= 15 is 0 Å². The molecule has 0 bridgehead atoms. The molecule has 0 fully saturated rings. The lowest BCUT2D eigenvalue weighted by molar-refractivity contribution is 0.122. The summed E-state index contributed by atoms with van der Waals surface area (Å²) in [5.41, 5.74) is 7.85. The predicted octanol–water partition coefficient (Wildman–Crippen LogP) is 4.61. The lowest BCUT2D eigenvalue weighted by Crippen LogP contribution is -2.44. The Morgan fingerprint density at radius 3 is 2.24 bits per heavy atom. The van der Waals surface area contributed by atoms with Crippen LogP contribution in [0.2, 0.25) is 0 Å². The van der Waals surface area contributed by atoms with Crippen molar-refractivity contribution in [2.75, 3.05) is 13.1 Å². The Morgan fingerprint density at radius 1 is 1.10 bits per heavy atom. The second kappa shape index (κ2) is 8.55. The molecule has 1 atom stereocenters. The molecule has 21 heavy (non-hydrogen) atoms. The van der Waals surface area contributed by atoms with Gasteiger partial charge in [0.15, 0.2) is 0 Å². The second-order valence-electron chi connectivity index (χ2n) is 7.15. The number of hydrogen-bond acceptors (Lipinski definition) is 2. The van der Waals surface area contributed by atoms with Crippen LogP contribution >= 0.6 is 0 Å². The molecule has 0 saturated carbocycles. The molecule has 2 N–H and O–H groups in total. The van der Waals surface area contributed by atoms with Gasteiger partial charge in [-0.15, -0.1) is 0 Å². The van der Waals surface area contributed by atoms with Crippen LogP contribution in [0.15, 0.2) is 30.3 Å². The molecular weight excluding hydrogens is 256 g/mol. The largest absolute Gasteiger partial charge is 0.323 e. The normalized spacial score (nSPS) is 13.9. The lowest BCUT2D eigenvalue weighted by Gasteiger charge is -2.39. The molecule has 2 nitrogen and oxygen atoms in total. The molecule has 1 rings (SSSR count). The van der Waals surface area contributed by atoms with E-state index in [1.165, 1.54) is 31.4 Å². The topological polar surface area (TPSA) is 29.3 Å². The second-order valence-corrected chi connectivity index (χ2v) is 7.15. The summed E-state index contributed by atoms with van der Waals surface area (Å²) in [4.78, 5) is 2.58. The van der Waals surface area contributed by atoms with Gasteiger partial charge in [-0.2, -0.15) is 0 Å². The highest BCUT2D eigenvalue weighted by molar-refractivity contribution is 5.20. The van der Waals surface area contributed by atoms with E-state index in [-0.39, 0.29) is 11.5 Å². The van der Waals surface area contributed by atoms with Gasteiger partial charge in [-0.3, -0.25) is 0 Å². The number of nitrogens with two attached hydrogens (primary N) is 1. The summed E-state index contributed by atoms with van der Waals surface area (Å²) in [7, 11) is 0. The number of rotatable bonds is 9. The van der Waals surface area contributed by atoms with Crippen molar-refractivity contribution in [2.45, 2.75) is 66.0 Å². The standard InChI is InChI=1S/C19H34N2/c1-6-7-11-14-21(16(2)3)15-19(4,5)18(20)17-12-9-8-10-13-17/h8-10,12-13,16,18H,6-7,11,14-15,20H2,1-5H3. The molecule has 0 radical (unpaired) electrons. The molecule has 1 aromatic carbocycles. The van der Waals surface area contributed by atoms with Gasteiger partial charge in [-0.25, -0.2) is 0 Å². The Bertz CT molecular complexity index is 384. The molecule has 0 spiro atoms. The molecule has 120 valence electrons. The Labute approximate surface area is 131 Å². The average molecular weight is 290 g/mol. The lowest BCUT2D eigenvalue weighted by atomic mass is 9.80. The van der Waals surface area contributed by atoms with Crippen LogP contribution in [0.4, 0.5) is 0 Å². The summed E-state index contributed by atoms with van der Waals surface area (Å²) < 4.78 is 0. The summed E-state index contributed by atoms with van der Waals surface area (Å²) in [5, 5.41) is 0. The highest BCUT2D eigenvalue weighted by Gasteiger charge is 2.30. The van der Waals surface area contributed by atoms with E-state index < -0.39 is 0 Å².